The number of aromatic carboxylic acids is 1. The van der Waals surface area contributed by atoms with Gasteiger partial charge < -0.3 is 20.5 Å². The highest BCUT2D eigenvalue weighted by atomic mass is 32.2. The number of amides is 2. The summed E-state index contributed by atoms with van der Waals surface area (Å²) in [7, 11) is 0. The zero-order valence-electron chi connectivity index (χ0n) is 19.1. The van der Waals surface area contributed by atoms with Crippen LogP contribution in [0.15, 0.2) is 67.0 Å². The molecular weight excluding hydrogens is 466 g/mol. The van der Waals surface area contributed by atoms with Crippen molar-refractivity contribution in [1.82, 2.24) is 10.3 Å². The van der Waals surface area contributed by atoms with Gasteiger partial charge in [0.15, 0.2) is 0 Å². The van der Waals surface area contributed by atoms with Crippen molar-refractivity contribution in [3.8, 4) is 11.1 Å². The van der Waals surface area contributed by atoms with Crippen LogP contribution in [-0.2, 0) is 9.53 Å². The van der Waals surface area contributed by atoms with Crippen molar-refractivity contribution in [2.75, 3.05) is 23.9 Å². The molecule has 8 nitrogen and oxygen atoms in total. The maximum atomic E-state index is 12.9. The van der Waals surface area contributed by atoms with E-state index in [-0.39, 0.29) is 23.8 Å². The molecule has 0 spiro atoms. The zero-order valence-corrected chi connectivity index (χ0v) is 19.9. The zero-order chi connectivity index (χ0) is 24.8. The molecular formula is C26H25N3O5S. The number of nitrogens with zero attached hydrogens (tertiary/aromatic N) is 1. The molecule has 0 radical (unpaired) electrons. The van der Waals surface area contributed by atoms with Gasteiger partial charge in [0.25, 0.3) is 0 Å². The highest BCUT2D eigenvalue weighted by molar-refractivity contribution is 7.98. The molecule has 3 aromatic rings. The van der Waals surface area contributed by atoms with Crippen molar-refractivity contribution >= 4 is 35.4 Å². The molecule has 1 aliphatic carbocycles. The number of hydrogen-bond acceptors (Lipinski definition) is 6. The topological polar surface area (TPSA) is 118 Å². The molecule has 0 bridgehead atoms. The van der Waals surface area contributed by atoms with Crippen LogP contribution in [0.5, 0.6) is 0 Å². The maximum Gasteiger partial charge on any atom is 0.407 e. The molecule has 4 rings (SSSR count). The average molecular weight is 492 g/mol. The second kappa shape index (κ2) is 11.1. The second-order valence-electron chi connectivity index (χ2n) is 8.06. The minimum Gasteiger partial charge on any atom is -0.478 e. The highest BCUT2D eigenvalue weighted by Crippen LogP contribution is 2.44. The lowest BCUT2D eigenvalue weighted by Gasteiger charge is -2.19. The van der Waals surface area contributed by atoms with Gasteiger partial charge in [-0.3, -0.25) is 9.78 Å². The minimum absolute atomic E-state index is 0.0482. The van der Waals surface area contributed by atoms with E-state index < -0.39 is 24.0 Å². The van der Waals surface area contributed by atoms with Crippen LogP contribution in [-0.4, -0.2) is 52.7 Å². The molecule has 1 atom stereocenters. The Morgan fingerprint density at radius 3 is 2.34 bits per heavy atom. The molecule has 3 N–H and O–H groups in total. The van der Waals surface area contributed by atoms with E-state index >= 15 is 0 Å². The summed E-state index contributed by atoms with van der Waals surface area (Å²) in [5, 5.41) is 14.4. The highest BCUT2D eigenvalue weighted by Gasteiger charge is 2.29. The Morgan fingerprint density at radius 1 is 1.06 bits per heavy atom. The number of alkyl carbamates (subject to hydrolysis) is 1. The first kappa shape index (κ1) is 24.3. The number of pyridine rings is 1. The fourth-order valence-corrected chi connectivity index (χ4v) is 4.61. The summed E-state index contributed by atoms with van der Waals surface area (Å²) < 4.78 is 5.57. The van der Waals surface area contributed by atoms with Crippen LogP contribution in [0.1, 0.15) is 33.8 Å². The number of ether oxygens (including phenoxy) is 1. The predicted octanol–water partition coefficient (Wildman–Crippen LogP) is 4.38. The lowest BCUT2D eigenvalue weighted by atomic mass is 9.98. The first-order valence-corrected chi connectivity index (χ1v) is 12.5. The van der Waals surface area contributed by atoms with Crippen molar-refractivity contribution in [2.24, 2.45) is 0 Å². The number of anilines is 1. The summed E-state index contributed by atoms with van der Waals surface area (Å²) >= 11 is 1.54. The Labute approximate surface area is 207 Å². The molecule has 35 heavy (non-hydrogen) atoms. The molecule has 1 aliphatic rings. The van der Waals surface area contributed by atoms with Gasteiger partial charge >= 0.3 is 12.1 Å². The van der Waals surface area contributed by atoms with Crippen molar-refractivity contribution in [3.05, 3.63) is 83.7 Å². The van der Waals surface area contributed by atoms with E-state index in [0.29, 0.717) is 12.2 Å². The van der Waals surface area contributed by atoms with Crippen LogP contribution in [0, 0.1) is 0 Å². The van der Waals surface area contributed by atoms with Crippen molar-refractivity contribution in [3.63, 3.8) is 0 Å². The standard InChI is InChI=1S/C26H25N3O5S/c1-35-11-10-23(24(30)28-17-12-16(25(31)32)13-27-14-17)29-26(33)34-15-22-20-8-4-2-6-18(20)19-7-3-5-9-21(19)22/h2-9,12-14,22-23H,10-11,15H2,1H3,(H,28,30)(H,29,33)(H,31,32)/t23-/m1/s1. The number of benzene rings is 2. The smallest absolute Gasteiger partial charge is 0.407 e. The largest absolute Gasteiger partial charge is 0.478 e. The Kier molecular flexibility index (Phi) is 7.67. The number of thioether (sulfide) groups is 1. The number of carbonyl (C=O) groups excluding carboxylic acids is 2. The quantitative estimate of drug-likeness (QED) is 0.407. The van der Waals surface area contributed by atoms with Gasteiger partial charge in [0.05, 0.1) is 17.4 Å². The van der Waals surface area contributed by atoms with E-state index in [1.165, 1.54) is 18.5 Å². The van der Waals surface area contributed by atoms with Gasteiger partial charge in [-0.25, -0.2) is 9.59 Å². The first-order valence-electron chi connectivity index (χ1n) is 11.1. The fraction of sp³-hybridized carbons (Fsp3) is 0.231. The van der Waals surface area contributed by atoms with Crippen LogP contribution in [0.2, 0.25) is 0 Å². The third kappa shape index (κ3) is 5.63. The molecule has 1 heterocycles. The third-order valence-corrected chi connectivity index (χ3v) is 6.46. The molecule has 180 valence electrons. The molecule has 0 fully saturated rings. The van der Waals surface area contributed by atoms with Crippen LogP contribution < -0.4 is 10.6 Å². The Morgan fingerprint density at radius 2 is 1.71 bits per heavy atom. The Hall–Kier alpha value is -3.85. The van der Waals surface area contributed by atoms with Crippen molar-refractivity contribution < 1.29 is 24.2 Å². The Balaban J connectivity index is 1.41. The molecule has 9 heteroatoms. The average Bonchev–Trinajstić information content (AvgIpc) is 3.19. The number of aromatic nitrogens is 1. The molecule has 2 aromatic carbocycles. The van der Waals surface area contributed by atoms with E-state index in [0.717, 1.165) is 22.3 Å². The van der Waals surface area contributed by atoms with E-state index in [1.807, 2.05) is 42.7 Å². The lowest BCUT2D eigenvalue weighted by molar-refractivity contribution is -0.118. The predicted molar refractivity (Wildman–Crippen MR) is 135 cm³/mol. The SMILES string of the molecule is CSCC[C@@H](NC(=O)OCC1c2ccccc2-c2ccccc21)C(=O)Nc1cncc(C(=O)O)c1. The molecule has 0 aliphatic heterocycles. The number of carboxylic acid groups (broad SMARTS) is 1. The van der Waals surface area contributed by atoms with Crippen LogP contribution in [0.25, 0.3) is 11.1 Å². The number of fused-ring (bicyclic) bond motifs is 3. The van der Waals surface area contributed by atoms with E-state index in [4.69, 9.17) is 9.84 Å². The van der Waals surface area contributed by atoms with Gasteiger partial charge in [0.1, 0.15) is 12.6 Å². The van der Waals surface area contributed by atoms with Gasteiger partial charge in [-0.05, 0) is 46.7 Å². The van der Waals surface area contributed by atoms with Gasteiger partial charge in [0, 0.05) is 12.1 Å². The maximum absolute atomic E-state index is 12.9. The van der Waals surface area contributed by atoms with E-state index in [2.05, 4.69) is 27.8 Å². The van der Waals surface area contributed by atoms with E-state index in [9.17, 15) is 14.4 Å². The molecule has 0 saturated heterocycles. The molecule has 1 aromatic heterocycles. The number of nitrogens with one attached hydrogen (secondary N) is 2. The Bertz CT molecular complexity index is 1200. The monoisotopic (exact) mass is 491 g/mol. The van der Waals surface area contributed by atoms with Gasteiger partial charge in [0.2, 0.25) is 5.91 Å². The van der Waals surface area contributed by atoms with Gasteiger partial charge in [-0.1, -0.05) is 48.5 Å². The second-order valence-corrected chi connectivity index (χ2v) is 9.05. The number of rotatable bonds is 9. The minimum atomic E-state index is -1.15. The van der Waals surface area contributed by atoms with Crippen molar-refractivity contribution in [1.29, 1.82) is 0 Å². The number of carboxylic acids is 1. The van der Waals surface area contributed by atoms with E-state index in [1.54, 1.807) is 11.8 Å². The summed E-state index contributed by atoms with van der Waals surface area (Å²) in [6.45, 7) is 0.140. The number of carbonyl (C=O) groups is 3. The fourth-order valence-electron chi connectivity index (χ4n) is 4.14. The molecule has 0 saturated carbocycles. The molecule has 2 amide bonds. The first-order chi connectivity index (χ1) is 17.0. The third-order valence-electron chi connectivity index (χ3n) is 5.82. The summed E-state index contributed by atoms with van der Waals surface area (Å²) in [6, 6.07) is 16.6. The number of hydrogen-bond donors (Lipinski definition) is 3. The lowest BCUT2D eigenvalue weighted by Crippen LogP contribution is -2.44. The van der Waals surface area contributed by atoms with Crippen LogP contribution in [0.3, 0.4) is 0 Å². The van der Waals surface area contributed by atoms with Gasteiger partial charge in [-0.15, -0.1) is 0 Å². The summed E-state index contributed by atoms with van der Waals surface area (Å²) in [5.74, 6) is -1.08. The van der Waals surface area contributed by atoms with Crippen molar-refractivity contribution in [2.45, 2.75) is 18.4 Å². The summed E-state index contributed by atoms with van der Waals surface area (Å²) in [5.41, 5.74) is 4.65. The van der Waals surface area contributed by atoms with Crippen LogP contribution in [0.4, 0.5) is 10.5 Å². The molecule has 0 unspecified atom stereocenters. The van der Waals surface area contributed by atoms with Gasteiger partial charge in [-0.2, -0.15) is 11.8 Å². The van der Waals surface area contributed by atoms with Crippen LogP contribution >= 0.6 is 11.8 Å². The normalized spacial score (nSPS) is 12.8. The summed E-state index contributed by atoms with van der Waals surface area (Å²) in [4.78, 5) is 40.6. The summed E-state index contributed by atoms with van der Waals surface area (Å²) in [6.07, 6.45) is 4.14.